The zero-order valence-electron chi connectivity index (χ0n) is 16.4. The zero-order valence-corrected chi connectivity index (χ0v) is 17.3. The van der Waals surface area contributed by atoms with Crippen LogP contribution in [-0.4, -0.2) is 28.9 Å². The smallest absolute Gasteiger partial charge is 0.416 e. The molecule has 0 aliphatic rings. The number of nitrogens with one attached hydrogen (secondary N) is 1. The van der Waals surface area contributed by atoms with Gasteiger partial charge in [-0.05, 0) is 48.5 Å². The molecule has 5 nitrogen and oxygen atoms in total. The van der Waals surface area contributed by atoms with E-state index in [1.54, 1.807) is 6.07 Å². The molecule has 3 aromatic rings. The summed E-state index contributed by atoms with van der Waals surface area (Å²) in [6.07, 6.45) is -4.38. The second-order valence-electron chi connectivity index (χ2n) is 6.50. The molecule has 0 bridgehead atoms. The van der Waals surface area contributed by atoms with Gasteiger partial charge in [-0.1, -0.05) is 12.1 Å². The third kappa shape index (κ3) is 6.14. The van der Waals surface area contributed by atoms with Crippen molar-refractivity contribution in [2.75, 3.05) is 18.2 Å². The molecule has 0 aliphatic heterocycles. The Morgan fingerprint density at radius 1 is 1.06 bits per heavy atom. The number of carbonyl (C=O) groups is 1. The first-order valence-electron chi connectivity index (χ1n) is 9.16. The fourth-order valence-electron chi connectivity index (χ4n) is 2.78. The zero-order chi connectivity index (χ0) is 22.4. The van der Waals surface area contributed by atoms with Gasteiger partial charge in [0, 0.05) is 28.3 Å². The molecule has 9 heteroatoms. The number of ether oxygens (including phenoxy) is 1. The number of anilines is 1. The normalized spacial score (nSPS) is 11.2. The maximum atomic E-state index is 12.7. The van der Waals surface area contributed by atoms with Crippen LogP contribution < -0.4 is 10.1 Å². The molecule has 1 heterocycles. The first-order chi connectivity index (χ1) is 14.8. The van der Waals surface area contributed by atoms with E-state index >= 15 is 0 Å². The Balaban J connectivity index is 1.68. The Hall–Kier alpha value is -3.20. The maximum Gasteiger partial charge on any atom is 0.416 e. The van der Waals surface area contributed by atoms with E-state index in [1.807, 2.05) is 30.3 Å². The van der Waals surface area contributed by atoms with Crippen LogP contribution in [0.3, 0.4) is 0 Å². The number of alkyl halides is 3. The summed E-state index contributed by atoms with van der Waals surface area (Å²) >= 11 is 1.24. The number of hydrogen-bond acceptors (Lipinski definition) is 5. The highest BCUT2D eigenvalue weighted by Crippen LogP contribution is 2.31. The Morgan fingerprint density at radius 2 is 1.74 bits per heavy atom. The van der Waals surface area contributed by atoms with Crippen molar-refractivity contribution >= 4 is 23.4 Å². The molecule has 0 spiro atoms. The van der Waals surface area contributed by atoms with Crippen LogP contribution in [0.2, 0.25) is 0 Å². The van der Waals surface area contributed by atoms with Gasteiger partial charge in [0.15, 0.2) is 0 Å². The molecule has 2 aromatic carbocycles. The Bertz CT molecular complexity index is 1040. The third-order valence-electron chi connectivity index (χ3n) is 4.34. The van der Waals surface area contributed by atoms with Crippen LogP contribution in [-0.2, 0) is 17.5 Å². The second kappa shape index (κ2) is 9.74. The molecule has 162 valence electrons. The predicted molar refractivity (Wildman–Crippen MR) is 113 cm³/mol. The van der Waals surface area contributed by atoms with Gasteiger partial charge in [0.1, 0.15) is 0 Å². The molecule has 0 amide bonds. The SMILES string of the molecule is COc1nc(-c2ccc(C(F)(F)F)cc2)ccc1CNc1ccc(SCC(=O)O)cc1. The first-order valence-corrected chi connectivity index (χ1v) is 10.1. The van der Waals surface area contributed by atoms with Gasteiger partial charge in [0.25, 0.3) is 0 Å². The van der Waals surface area contributed by atoms with E-state index in [0.29, 0.717) is 23.7 Å². The van der Waals surface area contributed by atoms with Crippen molar-refractivity contribution in [3.8, 4) is 17.1 Å². The number of nitrogens with zero attached hydrogens (tertiary/aromatic N) is 1. The molecule has 3 rings (SSSR count). The number of carboxylic acid groups (broad SMARTS) is 1. The van der Waals surface area contributed by atoms with Crippen LogP contribution in [0.5, 0.6) is 5.88 Å². The van der Waals surface area contributed by atoms with Crippen molar-refractivity contribution in [1.29, 1.82) is 0 Å². The van der Waals surface area contributed by atoms with Gasteiger partial charge in [0.05, 0.1) is 24.1 Å². The van der Waals surface area contributed by atoms with Crippen LogP contribution >= 0.6 is 11.8 Å². The number of rotatable bonds is 8. The quantitative estimate of drug-likeness (QED) is 0.440. The lowest BCUT2D eigenvalue weighted by molar-refractivity contribution is -0.137. The van der Waals surface area contributed by atoms with E-state index in [-0.39, 0.29) is 5.75 Å². The van der Waals surface area contributed by atoms with E-state index in [9.17, 15) is 18.0 Å². The number of pyridine rings is 1. The van der Waals surface area contributed by atoms with E-state index in [4.69, 9.17) is 9.84 Å². The van der Waals surface area contributed by atoms with Crippen molar-refractivity contribution in [1.82, 2.24) is 4.98 Å². The topological polar surface area (TPSA) is 71.5 Å². The molecule has 31 heavy (non-hydrogen) atoms. The number of halogens is 3. The van der Waals surface area contributed by atoms with Gasteiger partial charge in [-0.25, -0.2) is 4.98 Å². The Kier molecular flexibility index (Phi) is 7.06. The molecule has 0 atom stereocenters. The number of benzene rings is 2. The fourth-order valence-corrected chi connectivity index (χ4v) is 3.40. The summed E-state index contributed by atoms with van der Waals surface area (Å²) < 4.78 is 43.6. The summed E-state index contributed by atoms with van der Waals surface area (Å²) in [7, 11) is 1.48. The van der Waals surface area contributed by atoms with Crippen LogP contribution in [0, 0.1) is 0 Å². The molecular formula is C22H19F3N2O3S. The lowest BCUT2D eigenvalue weighted by Crippen LogP contribution is -2.05. The van der Waals surface area contributed by atoms with Crippen LogP contribution in [0.4, 0.5) is 18.9 Å². The summed E-state index contributed by atoms with van der Waals surface area (Å²) in [6.45, 7) is 0.422. The van der Waals surface area contributed by atoms with E-state index < -0.39 is 17.7 Å². The average Bonchev–Trinajstić information content (AvgIpc) is 2.76. The Morgan fingerprint density at radius 3 is 2.32 bits per heavy atom. The molecule has 0 saturated heterocycles. The monoisotopic (exact) mass is 448 g/mol. The first kappa shape index (κ1) is 22.5. The molecular weight excluding hydrogens is 429 g/mol. The van der Waals surface area contributed by atoms with Gasteiger partial charge in [-0.3, -0.25) is 4.79 Å². The van der Waals surface area contributed by atoms with Gasteiger partial charge in [0.2, 0.25) is 5.88 Å². The van der Waals surface area contributed by atoms with Crippen molar-refractivity contribution in [2.45, 2.75) is 17.6 Å². The third-order valence-corrected chi connectivity index (χ3v) is 5.34. The molecule has 2 N–H and O–H groups in total. The van der Waals surface area contributed by atoms with Crippen LogP contribution in [0.25, 0.3) is 11.3 Å². The standard InChI is InChI=1S/C22H19F3N2O3S/c1-30-21-15(12-26-17-7-9-18(10-8-17)31-13-20(28)29)4-11-19(27-21)14-2-5-16(6-3-14)22(23,24)25/h2-11,26H,12-13H2,1H3,(H,28,29). The lowest BCUT2D eigenvalue weighted by atomic mass is 10.1. The summed E-state index contributed by atoms with van der Waals surface area (Å²) in [5, 5.41) is 12.0. The lowest BCUT2D eigenvalue weighted by Gasteiger charge is -2.12. The number of aromatic nitrogens is 1. The predicted octanol–water partition coefficient (Wildman–Crippen LogP) is 5.56. The minimum Gasteiger partial charge on any atom is -0.481 e. The summed E-state index contributed by atoms with van der Waals surface area (Å²) in [5.74, 6) is -0.494. The largest absolute Gasteiger partial charge is 0.481 e. The van der Waals surface area contributed by atoms with E-state index in [0.717, 1.165) is 28.3 Å². The molecule has 0 unspecified atom stereocenters. The highest BCUT2D eigenvalue weighted by Gasteiger charge is 2.30. The van der Waals surface area contributed by atoms with Gasteiger partial charge in [-0.15, -0.1) is 11.8 Å². The van der Waals surface area contributed by atoms with Crippen LogP contribution in [0.1, 0.15) is 11.1 Å². The molecule has 0 aliphatic carbocycles. The number of methoxy groups -OCH3 is 1. The molecule has 0 saturated carbocycles. The number of hydrogen-bond donors (Lipinski definition) is 2. The number of thioether (sulfide) groups is 1. The molecule has 0 radical (unpaired) electrons. The number of carboxylic acids is 1. The fraction of sp³-hybridized carbons (Fsp3) is 0.182. The van der Waals surface area contributed by atoms with Crippen molar-refractivity contribution in [2.24, 2.45) is 0 Å². The molecule has 0 fully saturated rings. The maximum absolute atomic E-state index is 12.7. The van der Waals surface area contributed by atoms with Crippen molar-refractivity contribution in [3.63, 3.8) is 0 Å². The van der Waals surface area contributed by atoms with Gasteiger partial charge >= 0.3 is 12.1 Å². The average molecular weight is 448 g/mol. The Labute approximate surface area is 181 Å². The van der Waals surface area contributed by atoms with E-state index in [1.165, 1.54) is 31.0 Å². The minimum atomic E-state index is -4.38. The number of aliphatic carboxylic acids is 1. The summed E-state index contributed by atoms with van der Waals surface area (Å²) in [4.78, 5) is 15.9. The highest BCUT2D eigenvalue weighted by molar-refractivity contribution is 8.00. The van der Waals surface area contributed by atoms with Crippen molar-refractivity contribution in [3.05, 3.63) is 71.8 Å². The summed E-state index contributed by atoms with van der Waals surface area (Å²) in [5.41, 5.74) is 1.97. The highest BCUT2D eigenvalue weighted by atomic mass is 32.2. The van der Waals surface area contributed by atoms with Crippen LogP contribution in [0.15, 0.2) is 65.6 Å². The van der Waals surface area contributed by atoms with Crippen molar-refractivity contribution < 1.29 is 27.8 Å². The van der Waals surface area contributed by atoms with E-state index in [2.05, 4.69) is 10.3 Å². The summed E-state index contributed by atoms with van der Waals surface area (Å²) in [6, 6.07) is 15.7. The molecule has 1 aromatic heterocycles. The van der Waals surface area contributed by atoms with Gasteiger partial charge in [-0.2, -0.15) is 13.2 Å². The van der Waals surface area contributed by atoms with Gasteiger partial charge < -0.3 is 15.2 Å². The second-order valence-corrected chi connectivity index (χ2v) is 7.55. The minimum absolute atomic E-state index is 0.000917.